The third-order valence-electron chi connectivity index (χ3n) is 6.78. The molecule has 2 atom stereocenters. The number of ether oxygens (including phenoxy) is 2. The Morgan fingerprint density at radius 2 is 1.95 bits per heavy atom. The highest BCUT2D eigenvalue weighted by Gasteiger charge is 2.42. The van der Waals surface area contributed by atoms with Gasteiger partial charge in [-0.05, 0) is 49.3 Å². The molecule has 1 fully saturated rings. The van der Waals surface area contributed by atoms with E-state index in [0.717, 1.165) is 0 Å². The molecule has 1 saturated heterocycles. The van der Waals surface area contributed by atoms with E-state index in [1.54, 1.807) is 24.0 Å². The van der Waals surface area contributed by atoms with Gasteiger partial charge in [-0.2, -0.15) is 0 Å². The second-order valence-corrected chi connectivity index (χ2v) is 9.89. The molecule has 1 aromatic carbocycles. The Balaban J connectivity index is 1.64. The Hall–Kier alpha value is -3.67. The topological polar surface area (TPSA) is 132 Å². The average molecular weight is 543 g/mol. The van der Waals surface area contributed by atoms with Crippen LogP contribution in [-0.4, -0.2) is 64.5 Å². The minimum atomic E-state index is -0.673. The summed E-state index contributed by atoms with van der Waals surface area (Å²) in [6.45, 7) is 4.80. The second kappa shape index (κ2) is 11.8. The van der Waals surface area contributed by atoms with Crippen molar-refractivity contribution in [3.8, 4) is 0 Å². The zero-order chi connectivity index (χ0) is 27.4. The van der Waals surface area contributed by atoms with E-state index in [0.29, 0.717) is 66.7 Å². The zero-order valence-corrected chi connectivity index (χ0v) is 22.4. The van der Waals surface area contributed by atoms with Crippen LogP contribution in [0.25, 0.3) is 0 Å². The number of benzene rings is 1. The summed E-state index contributed by atoms with van der Waals surface area (Å²) < 4.78 is 10.3. The highest BCUT2D eigenvalue weighted by molar-refractivity contribution is 8.16. The number of esters is 2. The number of fused-ring (bicyclic) bond motifs is 1. The van der Waals surface area contributed by atoms with Gasteiger partial charge in [0.2, 0.25) is 5.91 Å². The van der Waals surface area contributed by atoms with Gasteiger partial charge in [0.15, 0.2) is 5.17 Å². The number of non-ortho nitro benzene ring substituents is 1. The number of likely N-dealkylation sites (tertiary alicyclic amines) is 1. The van der Waals surface area contributed by atoms with Gasteiger partial charge in [-0.25, -0.2) is 9.79 Å². The van der Waals surface area contributed by atoms with Crippen molar-refractivity contribution in [1.82, 2.24) is 9.80 Å². The maximum atomic E-state index is 13.4. The standard InChI is InChI=1S/C26H30N4O7S/c1-4-20-22(25(33)36-3)23(16-8-10-18(11-9-16)30(34)35)29-19(15-38-26(29)27-20)13-21(31)28-12-6-7-17(14-28)24(32)37-5-2/h8-11,15,17,23H,4-7,12-14H2,1-3H3/t17-,23-/m1/s1. The van der Waals surface area contributed by atoms with Crippen LogP contribution in [-0.2, 0) is 23.9 Å². The van der Waals surface area contributed by atoms with Crippen LogP contribution in [0, 0.1) is 16.0 Å². The third kappa shape index (κ3) is 5.45. The van der Waals surface area contributed by atoms with E-state index in [2.05, 4.69) is 0 Å². The molecule has 1 aromatic rings. The van der Waals surface area contributed by atoms with E-state index in [1.165, 1.54) is 31.0 Å². The number of nitro benzene ring substituents is 1. The second-order valence-electron chi connectivity index (χ2n) is 9.06. The summed E-state index contributed by atoms with van der Waals surface area (Å²) in [7, 11) is 1.30. The predicted molar refractivity (Wildman–Crippen MR) is 141 cm³/mol. The highest BCUT2D eigenvalue weighted by Crippen LogP contribution is 2.45. The molecular weight excluding hydrogens is 512 g/mol. The van der Waals surface area contributed by atoms with Crippen molar-refractivity contribution in [3.05, 3.63) is 62.3 Å². The number of piperidine rings is 1. The molecule has 0 saturated carbocycles. The van der Waals surface area contributed by atoms with Crippen molar-refractivity contribution in [3.63, 3.8) is 0 Å². The number of thioether (sulfide) groups is 1. The molecule has 0 N–H and O–H groups in total. The number of carbonyl (C=O) groups is 3. The van der Waals surface area contributed by atoms with Gasteiger partial charge < -0.3 is 19.3 Å². The maximum absolute atomic E-state index is 13.4. The molecule has 3 aliphatic rings. The Morgan fingerprint density at radius 3 is 2.58 bits per heavy atom. The molecule has 0 spiro atoms. The summed E-state index contributed by atoms with van der Waals surface area (Å²) in [5.41, 5.74) is 2.11. The van der Waals surface area contributed by atoms with Crippen molar-refractivity contribution in [2.75, 3.05) is 26.8 Å². The first-order chi connectivity index (χ1) is 18.3. The van der Waals surface area contributed by atoms with Crippen LogP contribution < -0.4 is 0 Å². The van der Waals surface area contributed by atoms with Crippen molar-refractivity contribution < 1.29 is 28.8 Å². The lowest BCUT2D eigenvalue weighted by atomic mass is 9.92. The normalized spacial score (nSPS) is 20.9. The van der Waals surface area contributed by atoms with Crippen molar-refractivity contribution in [2.24, 2.45) is 10.9 Å². The number of nitro groups is 1. The lowest BCUT2D eigenvalue weighted by molar-refractivity contribution is -0.384. The Morgan fingerprint density at radius 1 is 1.21 bits per heavy atom. The van der Waals surface area contributed by atoms with Gasteiger partial charge in [-0.15, -0.1) is 0 Å². The lowest BCUT2D eigenvalue weighted by Gasteiger charge is -2.37. The zero-order valence-electron chi connectivity index (χ0n) is 21.5. The van der Waals surface area contributed by atoms with Crippen LogP contribution in [0.5, 0.6) is 0 Å². The van der Waals surface area contributed by atoms with E-state index >= 15 is 0 Å². The number of rotatable bonds is 8. The van der Waals surface area contributed by atoms with Gasteiger partial charge in [0.25, 0.3) is 5.69 Å². The predicted octanol–water partition coefficient (Wildman–Crippen LogP) is 3.92. The van der Waals surface area contributed by atoms with E-state index in [1.807, 2.05) is 17.2 Å². The number of aliphatic imine (C=N–C) groups is 1. The molecule has 0 aromatic heterocycles. The van der Waals surface area contributed by atoms with E-state index < -0.39 is 16.9 Å². The summed E-state index contributed by atoms with van der Waals surface area (Å²) in [5.74, 6) is -1.33. The molecule has 12 heteroatoms. The summed E-state index contributed by atoms with van der Waals surface area (Å²) in [4.78, 5) is 57.6. The number of amides is 1. The van der Waals surface area contributed by atoms with Crippen LogP contribution in [0.15, 0.2) is 51.6 Å². The van der Waals surface area contributed by atoms with Crippen molar-refractivity contribution >= 4 is 40.5 Å². The van der Waals surface area contributed by atoms with Gasteiger partial charge in [-0.3, -0.25) is 19.7 Å². The molecule has 3 heterocycles. The fraction of sp³-hybridized carbons (Fsp3) is 0.462. The van der Waals surface area contributed by atoms with Crippen molar-refractivity contribution in [1.29, 1.82) is 0 Å². The molecule has 0 unspecified atom stereocenters. The van der Waals surface area contributed by atoms with Crippen LogP contribution in [0.1, 0.15) is 51.1 Å². The minimum absolute atomic E-state index is 0.0426. The molecular formula is C26H30N4O7S. The van der Waals surface area contributed by atoms with Gasteiger partial charge in [0, 0.05) is 30.9 Å². The smallest absolute Gasteiger partial charge is 0.338 e. The molecule has 11 nitrogen and oxygen atoms in total. The number of hydrogen-bond donors (Lipinski definition) is 0. The van der Waals surface area contributed by atoms with Crippen LogP contribution in [0.4, 0.5) is 5.69 Å². The van der Waals surface area contributed by atoms with E-state index in [-0.39, 0.29) is 29.9 Å². The molecule has 0 radical (unpaired) electrons. The first-order valence-corrected chi connectivity index (χ1v) is 13.4. The lowest BCUT2D eigenvalue weighted by Crippen LogP contribution is -2.44. The highest BCUT2D eigenvalue weighted by atomic mass is 32.2. The molecule has 3 aliphatic heterocycles. The summed E-state index contributed by atoms with van der Waals surface area (Å²) in [6.07, 6.45) is 1.91. The number of carbonyl (C=O) groups excluding carboxylic acids is 3. The van der Waals surface area contributed by atoms with Crippen molar-refractivity contribution in [2.45, 2.75) is 45.6 Å². The van der Waals surface area contributed by atoms with Gasteiger partial charge >= 0.3 is 11.9 Å². The molecule has 0 bridgehead atoms. The van der Waals surface area contributed by atoms with E-state index in [4.69, 9.17) is 14.5 Å². The Labute approximate surface area is 224 Å². The van der Waals surface area contributed by atoms with Crippen LogP contribution >= 0.6 is 11.8 Å². The number of hydrogen-bond acceptors (Lipinski definition) is 10. The van der Waals surface area contributed by atoms with Gasteiger partial charge in [0.05, 0.1) is 48.3 Å². The minimum Gasteiger partial charge on any atom is -0.466 e. The number of amidine groups is 1. The first kappa shape index (κ1) is 27.4. The maximum Gasteiger partial charge on any atom is 0.338 e. The fourth-order valence-electron chi connectivity index (χ4n) is 4.93. The third-order valence-corrected chi connectivity index (χ3v) is 7.66. The summed E-state index contributed by atoms with van der Waals surface area (Å²) >= 11 is 1.36. The molecule has 202 valence electrons. The first-order valence-electron chi connectivity index (χ1n) is 12.5. The molecule has 38 heavy (non-hydrogen) atoms. The average Bonchev–Trinajstić information content (AvgIpc) is 3.33. The SMILES string of the molecule is CCOC(=O)[C@@H]1CCCN(C(=O)CC2=CSC3=NC(CC)=C(C(=O)OC)[C@@H](c4ccc([N+](=O)[O-])cc4)N23)C1. The Kier molecular flexibility index (Phi) is 8.50. The van der Waals surface area contributed by atoms with Crippen LogP contribution in [0.3, 0.4) is 0 Å². The Bertz CT molecular complexity index is 1220. The quantitative estimate of drug-likeness (QED) is 0.272. The van der Waals surface area contributed by atoms with Gasteiger partial charge in [-0.1, -0.05) is 18.7 Å². The molecule has 4 rings (SSSR count). The number of allylic oxidation sites excluding steroid dienone is 1. The number of methoxy groups -OCH3 is 1. The van der Waals surface area contributed by atoms with E-state index in [9.17, 15) is 24.5 Å². The number of nitrogens with zero attached hydrogens (tertiary/aromatic N) is 4. The van der Waals surface area contributed by atoms with Crippen LogP contribution in [0.2, 0.25) is 0 Å². The molecule has 0 aliphatic carbocycles. The largest absolute Gasteiger partial charge is 0.466 e. The monoisotopic (exact) mass is 542 g/mol. The fourth-order valence-corrected chi connectivity index (χ4v) is 5.87. The molecule has 1 amide bonds. The van der Waals surface area contributed by atoms with Gasteiger partial charge in [0.1, 0.15) is 0 Å². The summed E-state index contributed by atoms with van der Waals surface area (Å²) in [6, 6.07) is 5.33. The summed E-state index contributed by atoms with van der Waals surface area (Å²) in [5, 5.41) is 13.7.